The van der Waals surface area contributed by atoms with Crippen molar-refractivity contribution in [1.82, 2.24) is 4.98 Å². The lowest BCUT2D eigenvalue weighted by Gasteiger charge is -2.23. The monoisotopic (exact) mass is 525 g/mol. The summed E-state index contributed by atoms with van der Waals surface area (Å²) >= 11 is 3.52. The van der Waals surface area contributed by atoms with Crippen LogP contribution < -0.4 is 0 Å². The first-order valence-corrected chi connectivity index (χ1v) is 13.1. The van der Waals surface area contributed by atoms with Gasteiger partial charge >= 0.3 is 0 Å². The molecule has 1 heterocycles. The molecule has 0 saturated carbocycles. The second kappa shape index (κ2) is 7.88. The van der Waals surface area contributed by atoms with Gasteiger partial charge in [0.15, 0.2) is 0 Å². The summed E-state index contributed by atoms with van der Waals surface area (Å²) in [4.78, 5) is 4.60. The predicted molar refractivity (Wildman–Crippen MR) is 155 cm³/mol. The second-order valence-electron chi connectivity index (χ2n) is 10.1. The zero-order chi connectivity index (χ0) is 24.4. The topological polar surface area (TPSA) is 12.9 Å². The van der Waals surface area contributed by atoms with Crippen molar-refractivity contribution in [3.8, 4) is 33.4 Å². The van der Waals surface area contributed by atoms with E-state index in [1.165, 1.54) is 60.5 Å². The fourth-order valence-electron chi connectivity index (χ4n) is 6.12. The molecule has 0 aliphatic heterocycles. The largest absolute Gasteiger partial charge is 0.249 e. The summed E-state index contributed by atoms with van der Waals surface area (Å²) in [5.41, 5.74) is 10.3. The van der Waals surface area contributed by atoms with Crippen molar-refractivity contribution < 1.29 is 0 Å². The van der Waals surface area contributed by atoms with Gasteiger partial charge in [0.25, 0.3) is 0 Å². The molecule has 1 nitrogen and oxygen atoms in total. The molecule has 1 aromatic heterocycles. The fourth-order valence-corrected chi connectivity index (χ4v) is 6.36. The minimum Gasteiger partial charge on any atom is -0.249 e. The van der Waals surface area contributed by atoms with Gasteiger partial charge in [0.1, 0.15) is 4.60 Å². The molecule has 0 atom stereocenters. The smallest absolute Gasteiger partial charge is 0.106 e. The number of rotatable bonds is 2. The van der Waals surface area contributed by atoms with E-state index in [1.54, 1.807) is 0 Å². The summed E-state index contributed by atoms with van der Waals surface area (Å²) in [7, 11) is 0. The minimum atomic E-state index is -0.0565. The maximum absolute atomic E-state index is 4.60. The third-order valence-corrected chi connectivity index (χ3v) is 8.27. The van der Waals surface area contributed by atoms with E-state index in [0.29, 0.717) is 0 Å². The van der Waals surface area contributed by atoms with Crippen LogP contribution in [0, 0.1) is 0 Å². The van der Waals surface area contributed by atoms with Crippen molar-refractivity contribution in [2.75, 3.05) is 0 Å². The summed E-state index contributed by atoms with van der Waals surface area (Å²) in [6.45, 7) is 4.71. The lowest BCUT2D eigenvalue weighted by Crippen LogP contribution is -2.14. The maximum atomic E-state index is 4.60. The third-order valence-electron chi connectivity index (χ3n) is 7.80. The lowest BCUT2D eigenvalue weighted by molar-refractivity contribution is 0.661. The Morgan fingerprint density at radius 2 is 1.19 bits per heavy atom. The molecule has 1 aliphatic carbocycles. The van der Waals surface area contributed by atoms with Crippen LogP contribution in [0.5, 0.6) is 0 Å². The summed E-state index contributed by atoms with van der Waals surface area (Å²) in [6.07, 6.45) is 1.98. The summed E-state index contributed by atoms with van der Waals surface area (Å²) in [6, 6.07) is 37.6. The van der Waals surface area contributed by atoms with Crippen LogP contribution in [-0.2, 0) is 5.41 Å². The van der Waals surface area contributed by atoms with Crippen molar-refractivity contribution in [2.45, 2.75) is 19.3 Å². The Morgan fingerprint density at radius 1 is 0.556 bits per heavy atom. The highest BCUT2D eigenvalue weighted by atomic mass is 79.9. The van der Waals surface area contributed by atoms with E-state index in [1.807, 2.05) is 12.3 Å². The lowest BCUT2D eigenvalue weighted by atomic mass is 9.79. The number of pyridine rings is 1. The number of fused-ring (bicyclic) bond motifs is 5. The summed E-state index contributed by atoms with van der Waals surface area (Å²) in [5.74, 6) is 0. The van der Waals surface area contributed by atoms with Crippen LogP contribution in [0.15, 0.2) is 114 Å². The second-order valence-corrected chi connectivity index (χ2v) is 11.0. The van der Waals surface area contributed by atoms with Gasteiger partial charge in [-0.15, -0.1) is 0 Å². The molecule has 1 aliphatic rings. The number of benzene rings is 5. The number of hydrogen-bond acceptors (Lipinski definition) is 1. The Hall–Kier alpha value is -3.75. The van der Waals surface area contributed by atoms with E-state index in [2.05, 4.69) is 132 Å². The van der Waals surface area contributed by atoms with E-state index >= 15 is 0 Å². The van der Waals surface area contributed by atoms with Gasteiger partial charge in [-0.1, -0.05) is 98.8 Å². The van der Waals surface area contributed by atoms with Gasteiger partial charge in [0, 0.05) is 17.2 Å². The normalized spacial score (nSPS) is 13.6. The molecule has 0 unspecified atom stereocenters. The fraction of sp³-hybridized carbons (Fsp3) is 0.0882. The molecule has 0 spiro atoms. The first-order chi connectivity index (χ1) is 17.5. The Morgan fingerprint density at radius 3 is 1.92 bits per heavy atom. The van der Waals surface area contributed by atoms with Crippen molar-refractivity contribution in [2.24, 2.45) is 0 Å². The zero-order valence-electron chi connectivity index (χ0n) is 20.2. The highest BCUT2D eigenvalue weighted by Crippen LogP contribution is 2.53. The van der Waals surface area contributed by atoms with Crippen LogP contribution in [0.3, 0.4) is 0 Å². The van der Waals surface area contributed by atoms with Crippen LogP contribution in [0.25, 0.3) is 54.9 Å². The first-order valence-electron chi connectivity index (χ1n) is 12.3. The molecule has 0 radical (unpaired) electrons. The van der Waals surface area contributed by atoms with Gasteiger partial charge in [0.2, 0.25) is 0 Å². The molecule has 172 valence electrons. The van der Waals surface area contributed by atoms with Crippen LogP contribution in [0.2, 0.25) is 0 Å². The van der Waals surface area contributed by atoms with Gasteiger partial charge in [-0.3, -0.25) is 0 Å². The van der Waals surface area contributed by atoms with Crippen molar-refractivity contribution in [1.29, 1.82) is 0 Å². The molecule has 0 bridgehead atoms. The van der Waals surface area contributed by atoms with E-state index < -0.39 is 0 Å². The Labute approximate surface area is 219 Å². The quantitative estimate of drug-likeness (QED) is 0.162. The van der Waals surface area contributed by atoms with Crippen LogP contribution >= 0.6 is 15.9 Å². The van der Waals surface area contributed by atoms with Gasteiger partial charge in [0.05, 0.1) is 0 Å². The third kappa shape index (κ3) is 3.04. The Balaban J connectivity index is 1.71. The standard InChI is InChI=1S/C34H24BrN/c1-34(2)29-15-9-8-12-23(29)26-18-27-28(19-30(26)34)32(21-10-4-3-5-11-21)24-13-6-7-14-25(24)33(27)22-16-17-31(35)36-20-22/h3-20H,1-2H3. The first kappa shape index (κ1) is 21.5. The SMILES string of the molecule is CC1(C)c2ccccc2-c2cc3c(-c4ccc(Br)nc4)c4ccccc4c(-c4ccccc4)c3cc21. The van der Waals surface area contributed by atoms with E-state index in [-0.39, 0.29) is 5.41 Å². The Kier molecular flexibility index (Phi) is 4.71. The molecule has 2 heteroatoms. The molecule has 7 rings (SSSR count). The van der Waals surface area contributed by atoms with Crippen LogP contribution in [0.4, 0.5) is 0 Å². The number of halogens is 1. The molecule has 0 fully saturated rings. The number of nitrogens with zero attached hydrogens (tertiary/aromatic N) is 1. The highest BCUT2D eigenvalue weighted by Gasteiger charge is 2.36. The van der Waals surface area contributed by atoms with E-state index in [4.69, 9.17) is 0 Å². The highest BCUT2D eigenvalue weighted by molar-refractivity contribution is 9.10. The van der Waals surface area contributed by atoms with E-state index in [0.717, 1.165) is 10.2 Å². The van der Waals surface area contributed by atoms with Crippen LogP contribution in [-0.4, -0.2) is 4.98 Å². The molecule has 5 aromatic carbocycles. The average Bonchev–Trinajstić information content (AvgIpc) is 3.13. The van der Waals surface area contributed by atoms with Gasteiger partial charge in [-0.2, -0.15) is 0 Å². The molecule has 0 saturated heterocycles. The Bertz CT molecular complexity index is 1800. The number of hydrogen-bond donors (Lipinski definition) is 0. The average molecular weight is 526 g/mol. The molecule has 0 N–H and O–H groups in total. The maximum Gasteiger partial charge on any atom is 0.106 e. The van der Waals surface area contributed by atoms with Crippen molar-refractivity contribution in [3.63, 3.8) is 0 Å². The zero-order valence-corrected chi connectivity index (χ0v) is 21.8. The molecular formula is C34H24BrN. The summed E-state index contributed by atoms with van der Waals surface area (Å²) < 4.78 is 0.845. The molecule has 6 aromatic rings. The predicted octanol–water partition coefficient (Wildman–Crippen LogP) is 9.79. The van der Waals surface area contributed by atoms with Gasteiger partial charge in [-0.05, 0) is 94.6 Å². The van der Waals surface area contributed by atoms with Gasteiger partial charge < -0.3 is 0 Å². The molecule has 36 heavy (non-hydrogen) atoms. The van der Waals surface area contributed by atoms with Crippen molar-refractivity contribution in [3.05, 3.63) is 125 Å². The summed E-state index contributed by atoms with van der Waals surface area (Å²) in [5, 5.41) is 5.07. The minimum absolute atomic E-state index is 0.0565. The number of aromatic nitrogens is 1. The van der Waals surface area contributed by atoms with Crippen molar-refractivity contribution >= 4 is 37.5 Å². The molecular weight excluding hydrogens is 502 g/mol. The van der Waals surface area contributed by atoms with Crippen LogP contribution in [0.1, 0.15) is 25.0 Å². The van der Waals surface area contributed by atoms with E-state index in [9.17, 15) is 0 Å². The van der Waals surface area contributed by atoms with Gasteiger partial charge in [-0.25, -0.2) is 4.98 Å². The molecule has 0 amide bonds.